The van der Waals surface area contributed by atoms with E-state index in [0.29, 0.717) is 38.5 Å². The first-order valence-corrected chi connectivity index (χ1v) is 10.6. The first kappa shape index (κ1) is 21.8. The summed E-state index contributed by atoms with van der Waals surface area (Å²) in [5.41, 5.74) is 1.50. The first-order valence-electron chi connectivity index (χ1n) is 10.6. The highest BCUT2D eigenvalue weighted by molar-refractivity contribution is 5.94. The second-order valence-corrected chi connectivity index (χ2v) is 8.18. The van der Waals surface area contributed by atoms with Crippen molar-refractivity contribution < 1.29 is 27.4 Å². The van der Waals surface area contributed by atoms with Crippen LogP contribution in [0.2, 0.25) is 0 Å². The second kappa shape index (κ2) is 8.63. The van der Waals surface area contributed by atoms with E-state index in [0.717, 1.165) is 36.1 Å². The summed E-state index contributed by atoms with van der Waals surface area (Å²) in [4.78, 5) is 14.7. The summed E-state index contributed by atoms with van der Waals surface area (Å²) in [6.07, 6.45) is -2.85. The van der Waals surface area contributed by atoms with Gasteiger partial charge in [-0.25, -0.2) is 0 Å². The smallest absolute Gasteiger partial charge is 0.375 e. The van der Waals surface area contributed by atoms with Crippen molar-refractivity contribution in [2.75, 3.05) is 32.9 Å². The van der Waals surface area contributed by atoms with Gasteiger partial charge in [-0.15, -0.1) is 0 Å². The summed E-state index contributed by atoms with van der Waals surface area (Å²) in [6, 6.07) is 12.9. The molecule has 2 aromatic rings. The van der Waals surface area contributed by atoms with E-state index in [4.69, 9.17) is 9.47 Å². The molecule has 31 heavy (non-hydrogen) atoms. The summed E-state index contributed by atoms with van der Waals surface area (Å²) < 4.78 is 49.5. The number of halogens is 3. The Labute approximate surface area is 180 Å². The van der Waals surface area contributed by atoms with Crippen LogP contribution in [0.25, 0.3) is 0 Å². The fraction of sp³-hybridized carbons (Fsp3) is 0.458. The summed E-state index contributed by atoms with van der Waals surface area (Å²) in [6.45, 7) is 4.76. The number of carbonyl (C=O) groups excluding carboxylic acids is 1. The molecule has 2 aliphatic heterocycles. The summed E-state index contributed by atoms with van der Waals surface area (Å²) in [7, 11) is 0. The van der Waals surface area contributed by atoms with Crippen LogP contribution in [0.3, 0.4) is 0 Å². The van der Waals surface area contributed by atoms with Gasteiger partial charge in [0.15, 0.2) is 0 Å². The molecule has 0 N–H and O–H groups in total. The molecule has 0 radical (unpaired) electrons. The molecule has 2 heterocycles. The van der Waals surface area contributed by atoms with Gasteiger partial charge < -0.3 is 14.4 Å². The topological polar surface area (TPSA) is 38.8 Å². The fourth-order valence-electron chi connectivity index (χ4n) is 4.36. The predicted octanol–water partition coefficient (Wildman–Crippen LogP) is 4.99. The van der Waals surface area contributed by atoms with E-state index in [2.05, 4.69) is 0 Å². The number of rotatable bonds is 5. The van der Waals surface area contributed by atoms with E-state index in [9.17, 15) is 18.0 Å². The molecule has 0 aliphatic carbocycles. The van der Waals surface area contributed by atoms with Crippen LogP contribution in [0.4, 0.5) is 13.2 Å². The monoisotopic (exact) mass is 433 g/mol. The molecule has 4 rings (SSSR count). The van der Waals surface area contributed by atoms with Gasteiger partial charge in [0.1, 0.15) is 5.60 Å². The molecular formula is C24H26F3NO3. The Morgan fingerprint density at radius 3 is 2.16 bits per heavy atom. The van der Waals surface area contributed by atoms with Crippen molar-refractivity contribution in [3.8, 4) is 0 Å². The number of nitrogens with zero attached hydrogens (tertiary/aromatic N) is 1. The zero-order valence-corrected chi connectivity index (χ0v) is 17.5. The molecule has 0 aromatic heterocycles. The number of benzene rings is 2. The molecule has 2 saturated heterocycles. The molecule has 2 aromatic carbocycles. The highest BCUT2D eigenvalue weighted by atomic mass is 19.4. The van der Waals surface area contributed by atoms with E-state index in [1.165, 1.54) is 0 Å². The van der Waals surface area contributed by atoms with Crippen LogP contribution in [0.15, 0.2) is 48.5 Å². The van der Waals surface area contributed by atoms with Crippen molar-refractivity contribution in [1.82, 2.24) is 4.90 Å². The molecule has 2 aliphatic rings. The Kier molecular flexibility index (Phi) is 6.08. The molecule has 0 unspecified atom stereocenters. The molecular weight excluding hydrogens is 407 g/mol. The lowest BCUT2D eigenvalue weighted by molar-refractivity contribution is -0.214. The Bertz CT molecular complexity index is 897. The Balaban J connectivity index is 1.36. The number of hydrogen-bond donors (Lipinski definition) is 0. The molecule has 1 amide bonds. The van der Waals surface area contributed by atoms with E-state index in [1.807, 2.05) is 36.1 Å². The number of alkyl halides is 3. The summed E-state index contributed by atoms with van der Waals surface area (Å²) in [5, 5.41) is 0. The normalized spacial score (nSPS) is 19.2. The van der Waals surface area contributed by atoms with E-state index >= 15 is 0 Å². The van der Waals surface area contributed by atoms with Gasteiger partial charge in [-0.1, -0.05) is 24.3 Å². The zero-order valence-electron chi connectivity index (χ0n) is 17.5. The largest absolute Gasteiger partial charge is 0.416 e. The molecule has 2 fully saturated rings. The van der Waals surface area contributed by atoms with Crippen LogP contribution in [-0.2, 0) is 21.3 Å². The average Bonchev–Trinajstić information content (AvgIpc) is 2.75. The van der Waals surface area contributed by atoms with Crippen molar-refractivity contribution in [3.63, 3.8) is 0 Å². The van der Waals surface area contributed by atoms with Gasteiger partial charge in [-0.05, 0) is 61.1 Å². The first-order chi connectivity index (χ1) is 14.8. The van der Waals surface area contributed by atoms with Crippen LogP contribution < -0.4 is 0 Å². The SMILES string of the molecule is CCOC1(c2ccc(C(=O)N3CCC(c4ccc(C(F)(F)F)cc4)CC3)cc2)COC1. The summed E-state index contributed by atoms with van der Waals surface area (Å²) in [5.74, 6) is 0.145. The lowest BCUT2D eigenvalue weighted by Gasteiger charge is -2.41. The lowest BCUT2D eigenvalue weighted by atomic mass is 9.88. The van der Waals surface area contributed by atoms with Crippen molar-refractivity contribution in [3.05, 3.63) is 70.8 Å². The lowest BCUT2D eigenvalue weighted by Crippen LogP contribution is -2.49. The maximum atomic E-state index is 12.9. The van der Waals surface area contributed by atoms with Crippen LogP contribution in [0.1, 0.15) is 52.7 Å². The number of likely N-dealkylation sites (tertiary alicyclic amines) is 1. The minimum atomic E-state index is -4.32. The Hall–Kier alpha value is -2.38. The van der Waals surface area contributed by atoms with Gasteiger partial charge in [0.05, 0.1) is 18.8 Å². The molecule has 0 bridgehead atoms. The van der Waals surface area contributed by atoms with Gasteiger partial charge in [0, 0.05) is 25.3 Å². The number of carbonyl (C=O) groups is 1. The van der Waals surface area contributed by atoms with E-state index in [-0.39, 0.29) is 11.8 Å². The maximum absolute atomic E-state index is 12.9. The third-order valence-electron chi connectivity index (χ3n) is 6.24. The van der Waals surface area contributed by atoms with Gasteiger partial charge in [0.25, 0.3) is 5.91 Å². The van der Waals surface area contributed by atoms with Crippen molar-refractivity contribution >= 4 is 5.91 Å². The standard InChI is InChI=1S/C24H26F3NO3/c1-2-31-23(15-30-16-23)20-7-5-19(6-8-20)22(29)28-13-11-18(12-14-28)17-3-9-21(10-4-17)24(25,26)27/h3-10,18H,2,11-16H2,1H3. The molecule has 7 heteroatoms. The molecule has 0 saturated carbocycles. The van der Waals surface area contributed by atoms with E-state index < -0.39 is 17.3 Å². The zero-order chi connectivity index (χ0) is 22.1. The van der Waals surface area contributed by atoms with E-state index in [1.54, 1.807) is 12.1 Å². The van der Waals surface area contributed by atoms with Gasteiger partial charge in [-0.3, -0.25) is 4.79 Å². The van der Waals surface area contributed by atoms with Gasteiger partial charge in [0.2, 0.25) is 0 Å². The highest BCUT2D eigenvalue weighted by Crippen LogP contribution is 2.35. The van der Waals surface area contributed by atoms with Crippen LogP contribution in [0.5, 0.6) is 0 Å². The molecule has 0 spiro atoms. The third kappa shape index (κ3) is 4.48. The Morgan fingerprint density at radius 2 is 1.68 bits per heavy atom. The van der Waals surface area contributed by atoms with Crippen LogP contribution in [0, 0.1) is 0 Å². The van der Waals surface area contributed by atoms with Crippen molar-refractivity contribution in [1.29, 1.82) is 0 Å². The minimum Gasteiger partial charge on any atom is -0.375 e. The highest BCUT2D eigenvalue weighted by Gasteiger charge is 2.41. The number of ether oxygens (including phenoxy) is 2. The van der Waals surface area contributed by atoms with Gasteiger partial charge in [-0.2, -0.15) is 13.2 Å². The molecule has 166 valence electrons. The maximum Gasteiger partial charge on any atom is 0.416 e. The predicted molar refractivity (Wildman–Crippen MR) is 110 cm³/mol. The Morgan fingerprint density at radius 1 is 1.06 bits per heavy atom. The molecule has 0 atom stereocenters. The minimum absolute atomic E-state index is 0.0206. The van der Waals surface area contributed by atoms with Crippen molar-refractivity contribution in [2.24, 2.45) is 0 Å². The molecule has 4 nitrogen and oxygen atoms in total. The third-order valence-corrected chi connectivity index (χ3v) is 6.24. The quantitative estimate of drug-likeness (QED) is 0.667. The van der Waals surface area contributed by atoms with Gasteiger partial charge >= 0.3 is 6.18 Å². The number of hydrogen-bond acceptors (Lipinski definition) is 3. The second-order valence-electron chi connectivity index (χ2n) is 8.18. The average molecular weight is 433 g/mol. The fourth-order valence-corrected chi connectivity index (χ4v) is 4.36. The van der Waals surface area contributed by atoms with Crippen molar-refractivity contribution in [2.45, 2.75) is 37.5 Å². The van der Waals surface area contributed by atoms with Crippen LogP contribution in [-0.4, -0.2) is 43.7 Å². The number of amides is 1. The number of piperidine rings is 1. The summed E-state index contributed by atoms with van der Waals surface area (Å²) >= 11 is 0. The van der Waals surface area contributed by atoms with Crippen LogP contribution >= 0.6 is 0 Å².